The van der Waals surface area contributed by atoms with Gasteiger partial charge < -0.3 is 44.8 Å². The molecule has 18 nitrogen and oxygen atoms in total. The molecule has 0 saturated carbocycles. The lowest BCUT2D eigenvalue weighted by Crippen LogP contribution is -2.34. The highest BCUT2D eigenvalue weighted by atomic mass is 32.2. The fourth-order valence-corrected chi connectivity index (χ4v) is 12.3. The van der Waals surface area contributed by atoms with Gasteiger partial charge in [0, 0.05) is 77.1 Å². The molecule has 2 amide bonds. The zero-order chi connectivity index (χ0) is 52.9. The molecule has 2 fully saturated rings. The van der Waals surface area contributed by atoms with E-state index in [1.807, 2.05) is 58.9 Å². The number of methoxy groups -OCH3 is 1. The number of ether oxygens (including phenoxy) is 3. The van der Waals surface area contributed by atoms with E-state index in [0.29, 0.717) is 52.5 Å². The summed E-state index contributed by atoms with van der Waals surface area (Å²) in [5, 5.41) is 16.3. The zero-order valence-corrected chi connectivity index (χ0v) is 45.2. The van der Waals surface area contributed by atoms with Gasteiger partial charge in [-0.3, -0.25) is 8.61 Å². The van der Waals surface area contributed by atoms with Crippen LogP contribution in [0.3, 0.4) is 0 Å². The van der Waals surface area contributed by atoms with Gasteiger partial charge in [0.2, 0.25) is 0 Å². The fourth-order valence-electron chi connectivity index (χ4n) is 9.33. The number of hydrogen-bond donors (Lipinski definition) is 4. The van der Waals surface area contributed by atoms with Gasteiger partial charge in [-0.05, 0) is 178 Å². The highest BCUT2D eigenvalue weighted by Crippen LogP contribution is 2.35. The van der Waals surface area contributed by atoms with Crippen LogP contribution >= 0.6 is 0 Å². The highest BCUT2D eigenvalue weighted by Gasteiger charge is 2.32. The van der Waals surface area contributed by atoms with E-state index in [0.717, 1.165) is 81.0 Å². The molecule has 0 radical (unpaired) electrons. The first kappa shape index (κ1) is 55.0. The summed E-state index contributed by atoms with van der Waals surface area (Å²) in [5.74, 6) is 2.29. The van der Waals surface area contributed by atoms with Crippen molar-refractivity contribution in [3.05, 3.63) is 96.6 Å². The average molecular weight is 1040 g/mol. The van der Waals surface area contributed by atoms with Crippen LogP contribution in [0.25, 0.3) is 22.1 Å². The number of fused-ring (bicyclic) bond motifs is 2. The minimum Gasteiger partial charge on any atom is -0.399 e. The third-order valence-electron chi connectivity index (χ3n) is 13.4. The Morgan fingerprint density at radius 3 is 1.56 bits per heavy atom. The van der Waals surface area contributed by atoms with Crippen LogP contribution in [0.1, 0.15) is 92.7 Å². The van der Waals surface area contributed by atoms with Crippen LogP contribution in [0.4, 0.5) is 27.5 Å². The zero-order valence-electron chi connectivity index (χ0n) is 43.6. The van der Waals surface area contributed by atoms with E-state index < -0.39 is 31.2 Å². The van der Waals surface area contributed by atoms with Gasteiger partial charge in [0.05, 0.1) is 43.2 Å². The van der Waals surface area contributed by atoms with Crippen molar-refractivity contribution < 1.29 is 40.9 Å². The van der Waals surface area contributed by atoms with E-state index in [4.69, 9.17) is 29.9 Å². The van der Waals surface area contributed by atoms with Crippen molar-refractivity contribution in [2.45, 2.75) is 121 Å². The number of benzene rings is 4. The van der Waals surface area contributed by atoms with Gasteiger partial charge in [-0.15, -0.1) is 0 Å². The van der Waals surface area contributed by atoms with Crippen molar-refractivity contribution in [3.63, 3.8) is 0 Å². The summed E-state index contributed by atoms with van der Waals surface area (Å²) in [4.78, 5) is 22.0. The Balaban J connectivity index is 0.000000216. The molecule has 2 aromatic heterocycles. The standard InChI is InChI=1S/C28H39N5O5S.C25H34N4O4S/c1-6-33(39(36,37)23-10-7-21(8-11-23)30-27(34)29-19(2)3)22-9-12-25-24(17-22)31-26(28(4,5)35)32(25)18-20-13-15-38-16-14-20;1-5-29(34(30,31)21-9-6-19(26)7-10-21)20-8-11-23-22(16-20)27-24(25(2,3)32-4)28(23)17-18-12-14-33-15-13-18/h7-12,17,19-20,35H,6,13-16,18H2,1-5H3,(H2,29,30,34);6-11,16,18H,5,12-15,17,26H2,1-4H3. The summed E-state index contributed by atoms with van der Waals surface area (Å²) in [6, 6.07) is 23.1. The first-order chi connectivity index (χ1) is 34.6. The van der Waals surface area contributed by atoms with E-state index >= 15 is 0 Å². The van der Waals surface area contributed by atoms with Gasteiger partial charge in [-0.25, -0.2) is 31.6 Å². The van der Waals surface area contributed by atoms with E-state index in [1.165, 1.54) is 32.9 Å². The number of amides is 2. The quantitative estimate of drug-likeness (QED) is 0.0631. The number of urea groups is 1. The molecule has 0 spiro atoms. The normalized spacial score (nSPS) is 15.3. The van der Waals surface area contributed by atoms with Gasteiger partial charge in [0.1, 0.15) is 22.9 Å². The predicted molar refractivity (Wildman–Crippen MR) is 287 cm³/mol. The number of nitrogens with two attached hydrogens (primary N) is 1. The number of aromatic nitrogens is 4. The number of anilines is 4. The van der Waals surface area contributed by atoms with E-state index in [9.17, 15) is 26.7 Å². The van der Waals surface area contributed by atoms with E-state index in [1.54, 1.807) is 64.3 Å². The highest BCUT2D eigenvalue weighted by molar-refractivity contribution is 7.93. The third kappa shape index (κ3) is 12.6. The Morgan fingerprint density at radius 1 is 0.726 bits per heavy atom. The molecule has 20 heteroatoms. The summed E-state index contributed by atoms with van der Waals surface area (Å²) in [7, 11) is -5.95. The van der Waals surface area contributed by atoms with Gasteiger partial charge in [0.15, 0.2) is 0 Å². The van der Waals surface area contributed by atoms with Gasteiger partial charge >= 0.3 is 6.03 Å². The second-order valence-electron chi connectivity index (χ2n) is 20.0. The van der Waals surface area contributed by atoms with Gasteiger partial charge in [0.25, 0.3) is 20.0 Å². The summed E-state index contributed by atoms with van der Waals surface area (Å²) >= 11 is 0. The SMILES string of the molecule is CCN(c1ccc2c(c1)nc(C(C)(C)O)n2CC1CCOCC1)S(=O)(=O)c1ccc(NC(=O)NC(C)C)cc1.CCN(c1ccc2c(c1)nc(C(C)(C)OC)n2CC1CCOCC1)S(=O)(=O)c1ccc(N)cc1. The molecule has 2 aliphatic rings. The van der Waals surface area contributed by atoms with Crippen LogP contribution in [0, 0.1) is 11.8 Å². The number of rotatable bonds is 17. The first-order valence-corrected chi connectivity index (χ1v) is 28.0. The summed E-state index contributed by atoms with van der Waals surface area (Å²) in [6.07, 6.45) is 3.91. The molecule has 0 unspecified atom stereocenters. The predicted octanol–water partition coefficient (Wildman–Crippen LogP) is 8.58. The van der Waals surface area contributed by atoms with Crippen molar-refractivity contribution in [1.82, 2.24) is 24.4 Å². The topological polar surface area (TPSA) is 225 Å². The second kappa shape index (κ2) is 22.8. The van der Waals surface area contributed by atoms with Crippen molar-refractivity contribution in [2.24, 2.45) is 11.8 Å². The van der Waals surface area contributed by atoms with Crippen molar-refractivity contribution in [1.29, 1.82) is 0 Å². The molecule has 8 rings (SSSR count). The van der Waals surface area contributed by atoms with Crippen molar-refractivity contribution >= 4 is 70.9 Å². The van der Waals surface area contributed by atoms with Crippen molar-refractivity contribution in [2.75, 3.05) is 66.3 Å². The maximum atomic E-state index is 13.6. The summed E-state index contributed by atoms with van der Waals surface area (Å²) in [5.41, 5.74) is 9.26. The fraction of sp³-hybridized carbons (Fsp3) is 0.491. The Kier molecular flexibility index (Phi) is 17.2. The minimum atomic E-state index is -3.88. The lowest BCUT2D eigenvalue weighted by atomic mass is 9.99. The molecule has 0 bridgehead atoms. The number of nitrogens with one attached hydrogen (secondary N) is 2. The summed E-state index contributed by atoms with van der Waals surface area (Å²) in [6.45, 7) is 19.8. The number of sulfonamides is 2. The lowest BCUT2D eigenvalue weighted by Gasteiger charge is -2.27. The Bertz CT molecular complexity index is 3060. The number of hydrogen-bond acceptors (Lipinski definition) is 12. The molecule has 2 aliphatic heterocycles. The van der Waals surface area contributed by atoms with Gasteiger partial charge in [-0.1, -0.05) is 0 Å². The number of imidazole rings is 2. The maximum Gasteiger partial charge on any atom is 0.319 e. The van der Waals surface area contributed by atoms with Crippen LogP contribution in [0.5, 0.6) is 0 Å². The molecule has 5 N–H and O–H groups in total. The molecule has 396 valence electrons. The number of nitrogens with zero attached hydrogens (tertiary/aromatic N) is 6. The van der Waals surface area contributed by atoms with Crippen LogP contribution in [-0.2, 0) is 58.5 Å². The van der Waals surface area contributed by atoms with Crippen LogP contribution < -0.4 is 25.0 Å². The van der Waals surface area contributed by atoms with Crippen LogP contribution in [0.15, 0.2) is 94.7 Å². The molecule has 2 saturated heterocycles. The molecular weight excluding hydrogens is 971 g/mol. The molecule has 0 atom stereocenters. The number of nitrogen functional groups attached to an aromatic ring is 1. The van der Waals surface area contributed by atoms with E-state index in [-0.39, 0.29) is 35.0 Å². The number of aliphatic hydroxyl groups is 1. The van der Waals surface area contributed by atoms with E-state index in [2.05, 4.69) is 19.8 Å². The van der Waals surface area contributed by atoms with Crippen LogP contribution in [0.2, 0.25) is 0 Å². The number of carbonyl (C=O) groups excluding carboxylic acids is 1. The smallest absolute Gasteiger partial charge is 0.319 e. The average Bonchev–Trinajstić information content (AvgIpc) is 3.91. The molecule has 73 heavy (non-hydrogen) atoms. The third-order valence-corrected chi connectivity index (χ3v) is 17.2. The Labute approximate surface area is 430 Å². The Morgan fingerprint density at radius 2 is 1.15 bits per heavy atom. The maximum absolute atomic E-state index is 13.6. The Hall–Kier alpha value is -5.77. The molecule has 4 heterocycles. The molecule has 4 aromatic carbocycles. The largest absolute Gasteiger partial charge is 0.399 e. The van der Waals surface area contributed by atoms with Gasteiger partial charge in [-0.2, -0.15) is 0 Å². The molecule has 6 aromatic rings. The van der Waals surface area contributed by atoms with Crippen LogP contribution in [-0.4, -0.2) is 99.7 Å². The monoisotopic (exact) mass is 1040 g/mol. The molecular formula is C53H73N9O9S2. The first-order valence-electron chi connectivity index (χ1n) is 25.1. The minimum absolute atomic E-state index is 0.0205. The van der Waals surface area contributed by atoms with Crippen molar-refractivity contribution in [3.8, 4) is 0 Å². The second-order valence-corrected chi connectivity index (χ2v) is 23.7. The number of carbonyl (C=O) groups is 1. The molecule has 0 aliphatic carbocycles. The lowest BCUT2D eigenvalue weighted by molar-refractivity contribution is 0.00683. The summed E-state index contributed by atoms with van der Waals surface area (Å²) < 4.78 is 77.8.